The van der Waals surface area contributed by atoms with E-state index in [2.05, 4.69) is 0 Å². The van der Waals surface area contributed by atoms with Crippen LogP contribution in [0.4, 0.5) is 0 Å². The summed E-state index contributed by atoms with van der Waals surface area (Å²) in [6.45, 7) is 2.45. The highest BCUT2D eigenvalue weighted by Crippen LogP contribution is 2.35. The third-order valence-electron chi connectivity index (χ3n) is 6.26. The maximum absolute atomic E-state index is 13.9. The summed E-state index contributed by atoms with van der Waals surface area (Å²) in [5, 5.41) is 1.24. The van der Waals surface area contributed by atoms with E-state index in [0.717, 1.165) is 52.7 Å². The molecule has 0 bridgehead atoms. The molecule has 5 rings (SSSR count). The maximum atomic E-state index is 13.9. The summed E-state index contributed by atoms with van der Waals surface area (Å²) >= 11 is 2.86. The quantitative estimate of drug-likeness (QED) is 0.326. The van der Waals surface area contributed by atoms with Crippen LogP contribution in [0, 0.1) is 6.92 Å². The molecular weight excluding hydrogens is 442 g/mol. The van der Waals surface area contributed by atoms with Crippen molar-refractivity contribution in [3.63, 3.8) is 0 Å². The number of carbonyl (C=O) groups is 2. The Hall–Kier alpha value is -2.45. The minimum atomic E-state index is -0.217. The normalized spacial score (nSPS) is 16.4. The molecule has 1 saturated heterocycles. The van der Waals surface area contributed by atoms with E-state index in [4.69, 9.17) is 4.98 Å². The molecule has 1 aromatic carbocycles. The molecule has 2 aliphatic rings. The van der Waals surface area contributed by atoms with Crippen LogP contribution in [0.5, 0.6) is 0 Å². The Balaban J connectivity index is 1.61. The van der Waals surface area contributed by atoms with Crippen molar-refractivity contribution < 1.29 is 9.59 Å². The van der Waals surface area contributed by atoms with Crippen LogP contribution < -0.4 is 5.56 Å². The number of para-hydroxylation sites is 1. The van der Waals surface area contributed by atoms with Gasteiger partial charge in [0.15, 0.2) is 5.16 Å². The lowest BCUT2D eigenvalue weighted by Gasteiger charge is -2.16. The smallest absolute Gasteiger partial charge is 0.267 e. The molecule has 0 spiro atoms. The molecule has 2 aromatic heterocycles. The first-order valence-electron chi connectivity index (χ1n) is 11.1. The first-order chi connectivity index (χ1) is 15.5. The molecule has 0 N–H and O–H groups in total. The summed E-state index contributed by atoms with van der Waals surface area (Å²) in [6, 6.07) is 7.76. The van der Waals surface area contributed by atoms with Crippen LogP contribution in [0.2, 0.25) is 0 Å². The number of hydrogen-bond donors (Lipinski definition) is 0. The van der Waals surface area contributed by atoms with Crippen LogP contribution in [-0.2, 0) is 22.4 Å². The highest BCUT2D eigenvalue weighted by molar-refractivity contribution is 7.99. The van der Waals surface area contributed by atoms with E-state index in [1.807, 2.05) is 31.2 Å². The Morgan fingerprint density at radius 3 is 2.69 bits per heavy atom. The Kier molecular flexibility index (Phi) is 5.90. The summed E-state index contributed by atoms with van der Waals surface area (Å²) in [5.41, 5.74) is 2.86. The Morgan fingerprint density at radius 1 is 1.09 bits per heavy atom. The number of amides is 2. The molecule has 1 aliphatic heterocycles. The zero-order valence-electron chi connectivity index (χ0n) is 18.1. The fraction of sp³-hybridized carbons (Fsp3) is 0.417. The van der Waals surface area contributed by atoms with Crippen molar-refractivity contribution in [2.75, 3.05) is 12.3 Å². The van der Waals surface area contributed by atoms with Gasteiger partial charge in [-0.3, -0.25) is 23.9 Å². The maximum Gasteiger partial charge on any atom is 0.267 e. The van der Waals surface area contributed by atoms with Crippen molar-refractivity contribution in [3.05, 3.63) is 50.6 Å². The van der Waals surface area contributed by atoms with Crippen LogP contribution in [0.3, 0.4) is 0 Å². The van der Waals surface area contributed by atoms with Gasteiger partial charge in [0, 0.05) is 17.8 Å². The first-order valence-corrected chi connectivity index (χ1v) is 12.9. The van der Waals surface area contributed by atoms with Gasteiger partial charge in [0.25, 0.3) is 5.56 Å². The van der Waals surface area contributed by atoms with E-state index in [1.54, 1.807) is 15.9 Å². The molecule has 8 heteroatoms. The zero-order valence-corrected chi connectivity index (χ0v) is 19.7. The fourth-order valence-corrected chi connectivity index (χ4v) is 6.79. The lowest BCUT2D eigenvalue weighted by atomic mass is 10.1. The first kappa shape index (κ1) is 21.4. The molecule has 32 heavy (non-hydrogen) atoms. The second-order valence-electron chi connectivity index (χ2n) is 8.40. The van der Waals surface area contributed by atoms with Gasteiger partial charge in [0.1, 0.15) is 4.83 Å². The number of imide groups is 1. The van der Waals surface area contributed by atoms with E-state index >= 15 is 0 Å². The van der Waals surface area contributed by atoms with Crippen LogP contribution in [0.15, 0.2) is 34.2 Å². The van der Waals surface area contributed by atoms with Gasteiger partial charge in [0.05, 0.1) is 16.8 Å². The molecule has 0 atom stereocenters. The van der Waals surface area contributed by atoms with Gasteiger partial charge in [-0.25, -0.2) is 4.98 Å². The lowest BCUT2D eigenvalue weighted by molar-refractivity contribution is -0.140. The summed E-state index contributed by atoms with van der Waals surface area (Å²) in [6.07, 6.45) is 6.49. The van der Waals surface area contributed by atoms with Crippen molar-refractivity contribution >= 4 is 45.1 Å². The third-order valence-corrected chi connectivity index (χ3v) is 8.37. The molecule has 0 radical (unpaired) electrons. The molecule has 2 amide bonds. The average molecular weight is 468 g/mol. The predicted molar refractivity (Wildman–Crippen MR) is 128 cm³/mol. The SMILES string of the molecule is Cc1ccccc1-n1c(SCC(=O)N2CCCC2=O)nc2sc3c(c2c1=O)CCCCC3. The number of nitrogens with zero attached hydrogens (tertiary/aromatic N) is 3. The molecule has 1 aliphatic carbocycles. The van der Waals surface area contributed by atoms with Gasteiger partial charge in [-0.2, -0.15) is 0 Å². The molecule has 0 unspecified atom stereocenters. The van der Waals surface area contributed by atoms with Crippen molar-refractivity contribution in [2.24, 2.45) is 0 Å². The van der Waals surface area contributed by atoms with E-state index in [0.29, 0.717) is 24.5 Å². The third kappa shape index (κ3) is 3.79. The number of fused-ring (bicyclic) bond motifs is 3. The van der Waals surface area contributed by atoms with Gasteiger partial charge in [-0.1, -0.05) is 36.4 Å². The number of rotatable bonds is 4. The summed E-state index contributed by atoms with van der Waals surface area (Å²) in [7, 11) is 0. The monoisotopic (exact) mass is 467 g/mol. The molecule has 6 nitrogen and oxygen atoms in total. The van der Waals surface area contributed by atoms with Gasteiger partial charge >= 0.3 is 0 Å². The largest absolute Gasteiger partial charge is 0.282 e. The topological polar surface area (TPSA) is 72.3 Å². The predicted octanol–water partition coefficient (Wildman–Crippen LogP) is 4.27. The molecule has 3 heterocycles. The van der Waals surface area contributed by atoms with Crippen molar-refractivity contribution in [3.8, 4) is 5.69 Å². The van der Waals surface area contributed by atoms with Crippen LogP contribution in [-0.4, -0.2) is 38.6 Å². The van der Waals surface area contributed by atoms with Crippen LogP contribution >= 0.6 is 23.1 Å². The van der Waals surface area contributed by atoms with Gasteiger partial charge < -0.3 is 0 Å². The number of likely N-dealkylation sites (tertiary alicyclic amines) is 1. The molecule has 3 aromatic rings. The van der Waals surface area contributed by atoms with Crippen molar-refractivity contribution in [1.82, 2.24) is 14.5 Å². The van der Waals surface area contributed by atoms with E-state index in [1.165, 1.54) is 28.0 Å². The Labute approximate surface area is 194 Å². The number of carbonyl (C=O) groups excluding carboxylic acids is 2. The second kappa shape index (κ2) is 8.83. The Bertz CT molecular complexity index is 1280. The van der Waals surface area contributed by atoms with Gasteiger partial charge in [0.2, 0.25) is 11.8 Å². The molecule has 1 fully saturated rings. The minimum absolute atomic E-state index is 0.0594. The standard InChI is InChI=1S/C24H25N3O3S2/c1-15-8-5-6-10-17(15)27-23(30)21-16-9-3-2-4-11-18(16)32-22(21)25-24(27)31-14-20(29)26-13-7-12-19(26)28/h5-6,8,10H,2-4,7,9,11-14H2,1H3. The highest BCUT2D eigenvalue weighted by atomic mass is 32.2. The summed E-state index contributed by atoms with van der Waals surface area (Å²) in [4.78, 5) is 46.7. The molecular formula is C24H25N3O3S2. The number of hydrogen-bond acceptors (Lipinski definition) is 6. The van der Waals surface area contributed by atoms with Gasteiger partial charge in [-0.15, -0.1) is 11.3 Å². The van der Waals surface area contributed by atoms with E-state index < -0.39 is 0 Å². The summed E-state index contributed by atoms with van der Waals surface area (Å²) in [5.74, 6) is -0.247. The summed E-state index contributed by atoms with van der Waals surface area (Å²) < 4.78 is 1.67. The zero-order chi connectivity index (χ0) is 22.2. The fourth-order valence-electron chi connectivity index (χ4n) is 4.60. The van der Waals surface area contributed by atoms with Crippen molar-refractivity contribution in [1.29, 1.82) is 0 Å². The number of aromatic nitrogens is 2. The molecule has 0 saturated carbocycles. The van der Waals surface area contributed by atoms with Crippen LogP contribution in [0.25, 0.3) is 15.9 Å². The Morgan fingerprint density at radius 2 is 1.91 bits per heavy atom. The second-order valence-corrected chi connectivity index (χ2v) is 10.4. The minimum Gasteiger partial charge on any atom is -0.282 e. The molecule has 166 valence electrons. The number of aryl methyl sites for hydroxylation is 3. The van der Waals surface area contributed by atoms with E-state index in [9.17, 15) is 14.4 Å². The highest BCUT2D eigenvalue weighted by Gasteiger charge is 2.28. The van der Waals surface area contributed by atoms with Crippen molar-refractivity contribution in [2.45, 2.75) is 57.0 Å². The number of thiophene rings is 1. The van der Waals surface area contributed by atoms with E-state index in [-0.39, 0.29) is 23.1 Å². The van der Waals surface area contributed by atoms with Crippen LogP contribution in [0.1, 0.15) is 48.1 Å². The number of benzene rings is 1. The van der Waals surface area contributed by atoms with Gasteiger partial charge in [-0.05, 0) is 56.2 Å². The lowest BCUT2D eigenvalue weighted by Crippen LogP contribution is -2.33. The number of thioether (sulfide) groups is 1. The average Bonchev–Trinajstić information content (AvgIpc) is 3.29.